The minimum absolute atomic E-state index is 0.0572. The first-order chi connectivity index (χ1) is 8.75. The number of aromatic nitrogens is 1. The molecular weight excluding hydrogens is 220 g/mol. The van der Waals surface area contributed by atoms with E-state index in [1.165, 1.54) is 11.1 Å². The number of hydrogen-bond donors (Lipinski definition) is 1. The molecule has 1 aliphatic carbocycles. The lowest BCUT2D eigenvalue weighted by Crippen LogP contribution is -2.18. The first kappa shape index (κ1) is 11.4. The third kappa shape index (κ3) is 1.93. The number of rotatable bonds is 2. The SMILES string of the molecule is Cc1ccc(C(N)C2CCc3ccccc32)cn1. The number of pyridine rings is 1. The van der Waals surface area contributed by atoms with Crippen LogP contribution in [0.4, 0.5) is 0 Å². The van der Waals surface area contributed by atoms with Crippen molar-refractivity contribution in [2.75, 3.05) is 0 Å². The molecule has 2 atom stereocenters. The van der Waals surface area contributed by atoms with Crippen LogP contribution in [0.15, 0.2) is 42.6 Å². The molecule has 2 aromatic rings. The maximum absolute atomic E-state index is 6.43. The minimum Gasteiger partial charge on any atom is -0.323 e. The van der Waals surface area contributed by atoms with Crippen LogP contribution in [0.3, 0.4) is 0 Å². The fourth-order valence-corrected chi connectivity index (χ4v) is 2.87. The number of aryl methyl sites for hydroxylation is 2. The van der Waals surface area contributed by atoms with E-state index in [2.05, 4.69) is 35.3 Å². The van der Waals surface area contributed by atoms with Gasteiger partial charge in [-0.2, -0.15) is 0 Å². The van der Waals surface area contributed by atoms with E-state index in [1.54, 1.807) is 0 Å². The predicted octanol–water partition coefficient (Wildman–Crippen LogP) is 3.12. The molecule has 1 heterocycles. The Labute approximate surface area is 108 Å². The standard InChI is InChI=1S/C16H18N2/c1-11-6-7-13(10-18-11)16(17)15-9-8-12-4-2-3-5-14(12)15/h2-7,10,15-16H,8-9,17H2,1H3. The van der Waals surface area contributed by atoms with Gasteiger partial charge in [0.2, 0.25) is 0 Å². The summed E-state index contributed by atoms with van der Waals surface area (Å²) in [5.74, 6) is 0.436. The Balaban J connectivity index is 1.90. The summed E-state index contributed by atoms with van der Waals surface area (Å²) in [4.78, 5) is 4.35. The van der Waals surface area contributed by atoms with Crippen LogP contribution in [0.2, 0.25) is 0 Å². The second-order valence-electron chi connectivity index (χ2n) is 5.10. The Kier molecular flexibility index (Phi) is 2.88. The highest BCUT2D eigenvalue weighted by molar-refractivity contribution is 5.37. The third-order valence-corrected chi connectivity index (χ3v) is 3.93. The van der Waals surface area contributed by atoms with Crippen LogP contribution in [-0.4, -0.2) is 4.98 Å². The molecule has 1 aromatic carbocycles. The van der Waals surface area contributed by atoms with Crippen LogP contribution < -0.4 is 5.73 Å². The molecule has 2 unspecified atom stereocenters. The fraction of sp³-hybridized carbons (Fsp3) is 0.312. The molecule has 18 heavy (non-hydrogen) atoms. The summed E-state index contributed by atoms with van der Waals surface area (Å²) >= 11 is 0. The summed E-state index contributed by atoms with van der Waals surface area (Å²) in [5.41, 5.74) is 11.5. The Morgan fingerprint density at radius 3 is 2.83 bits per heavy atom. The first-order valence-electron chi connectivity index (χ1n) is 6.51. The van der Waals surface area contributed by atoms with E-state index < -0.39 is 0 Å². The van der Waals surface area contributed by atoms with E-state index in [4.69, 9.17) is 5.73 Å². The van der Waals surface area contributed by atoms with Crippen LogP contribution in [0.1, 0.15) is 40.8 Å². The Bertz CT molecular complexity index is 545. The van der Waals surface area contributed by atoms with E-state index in [0.717, 1.165) is 24.1 Å². The van der Waals surface area contributed by atoms with Crippen LogP contribution >= 0.6 is 0 Å². The topological polar surface area (TPSA) is 38.9 Å². The zero-order valence-electron chi connectivity index (χ0n) is 10.6. The quantitative estimate of drug-likeness (QED) is 0.873. The molecule has 1 aromatic heterocycles. The van der Waals surface area contributed by atoms with Gasteiger partial charge in [-0.1, -0.05) is 30.3 Å². The molecule has 0 saturated heterocycles. The van der Waals surface area contributed by atoms with Gasteiger partial charge in [0.25, 0.3) is 0 Å². The average molecular weight is 238 g/mol. The molecule has 0 fully saturated rings. The zero-order chi connectivity index (χ0) is 12.5. The molecule has 92 valence electrons. The van der Waals surface area contributed by atoms with E-state index >= 15 is 0 Å². The zero-order valence-corrected chi connectivity index (χ0v) is 10.6. The number of hydrogen-bond acceptors (Lipinski definition) is 2. The van der Waals surface area contributed by atoms with Crippen molar-refractivity contribution in [1.82, 2.24) is 4.98 Å². The third-order valence-electron chi connectivity index (χ3n) is 3.93. The van der Waals surface area contributed by atoms with Crippen LogP contribution in [-0.2, 0) is 6.42 Å². The second-order valence-corrected chi connectivity index (χ2v) is 5.10. The van der Waals surface area contributed by atoms with E-state index in [1.807, 2.05) is 19.2 Å². The van der Waals surface area contributed by atoms with E-state index in [9.17, 15) is 0 Å². The van der Waals surface area contributed by atoms with Gasteiger partial charge in [-0.05, 0) is 42.5 Å². The summed E-state index contributed by atoms with van der Waals surface area (Å²) in [6, 6.07) is 12.9. The molecule has 0 spiro atoms. The highest BCUT2D eigenvalue weighted by atomic mass is 14.7. The molecule has 0 aliphatic heterocycles. The van der Waals surface area contributed by atoms with Gasteiger partial charge in [-0.25, -0.2) is 0 Å². The lowest BCUT2D eigenvalue weighted by molar-refractivity contribution is 0.549. The first-order valence-corrected chi connectivity index (χ1v) is 6.51. The monoisotopic (exact) mass is 238 g/mol. The van der Waals surface area contributed by atoms with Gasteiger partial charge in [-0.15, -0.1) is 0 Å². The van der Waals surface area contributed by atoms with E-state index in [0.29, 0.717) is 5.92 Å². The molecule has 1 aliphatic rings. The lowest BCUT2D eigenvalue weighted by Gasteiger charge is -2.20. The lowest BCUT2D eigenvalue weighted by atomic mass is 9.89. The second kappa shape index (κ2) is 4.54. The maximum Gasteiger partial charge on any atom is 0.0380 e. The summed E-state index contributed by atoms with van der Waals surface area (Å²) in [5, 5.41) is 0. The smallest absolute Gasteiger partial charge is 0.0380 e. The van der Waals surface area contributed by atoms with Gasteiger partial charge >= 0.3 is 0 Å². The number of fused-ring (bicyclic) bond motifs is 1. The van der Waals surface area contributed by atoms with Crippen molar-refractivity contribution in [2.24, 2.45) is 5.73 Å². The Hall–Kier alpha value is -1.67. The summed E-state index contributed by atoms with van der Waals surface area (Å²) in [7, 11) is 0. The van der Waals surface area contributed by atoms with Crippen LogP contribution in [0.5, 0.6) is 0 Å². The van der Waals surface area contributed by atoms with Gasteiger partial charge in [-0.3, -0.25) is 4.98 Å². The number of nitrogens with zero attached hydrogens (tertiary/aromatic N) is 1. The van der Waals surface area contributed by atoms with Gasteiger partial charge in [0.15, 0.2) is 0 Å². The molecule has 3 rings (SSSR count). The largest absolute Gasteiger partial charge is 0.323 e. The number of nitrogens with two attached hydrogens (primary N) is 1. The number of benzene rings is 1. The molecule has 2 N–H and O–H groups in total. The van der Waals surface area contributed by atoms with Gasteiger partial charge < -0.3 is 5.73 Å². The molecule has 0 saturated carbocycles. The summed E-state index contributed by atoms with van der Waals surface area (Å²) in [6.07, 6.45) is 4.21. The normalized spacial score (nSPS) is 19.6. The van der Waals surface area contributed by atoms with Gasteiger partial charge in [0.05, 0.1) is 0 Å². The van der Waals surface area contributed by atoms with Crippen molar-refractivity contribution in [2.45, 2.75) is 31.7 Å². The highest BCUT2D eigenvalue weighted by Gasteiger charge is 2.28. The van der Waals surface area contributed by atoms with Crippen LogP contribution in [0, 0.1) is 6.92 Å². The molecule has 2 nitrogen and oxygen atoms in total. The van der Waals surface area contributed by atoms with Crippen molar-refractivity contribution in [3.8, 4) is 0 Å². The van der Waals surface area contributed by atoms with Crippen molar-refractivity contribution < 1.29 is 0 Å². The highest BCUT2D eigenvalue weighted by Crippen LogP contribution is 2.40. The van der Waals surface area contributed by atoms with Crippen molar-refractivity contribution in [3.63, 3.8) is 0 Å². The average Bonchev–Trinajstić information content (AvgIpc) is 2.82. The minimum atomic E-state index is 0.0572. The Morgan fingerprint density at radius 2 is 2.06 bits per heavy atom. The maximum atomic E-state index is 6.43. The van der Waals surface area contributed by atoms with Crippen molar-refractivity contribution >= 4 is 0 Å². The van der Waals surface area contributed by atoms with Crippen LogP contribution in [0.25, 0.3) is 0 Å². The summed E-state index contributed by atoms with van der Waals surface area (Å²) < 4.78 is 0. The summed E-state index contributed by atoms with van der Waals surface area (Å²) in [6.45, 7) is 2.00. The molecule has 0 radical (unpaired) electrons. The Morgan fingerprint density at radius 1 is 1.22 bits per heavy atom. The van der Waals surface area contributed by atoms with E-state index in [-0.39, 0.29) is 6.04 Å². The van der Waals surface area contributed by atoms with Crippen molar-refractivity contribution in [1.29, 1.82) is 0 Å². The van der Waals surface area contributed by atoms with Gasteiger partial charge in [0.1, 0.15) is 0 Å². The predicted molar refractivity (Wildman–Crippen MR) is 73.4 cm³/mol. The van der Waals surface area contributed by atoms with Gasteiger partial charge in [0, 0.05) is 23.9 Å². The fourth-order valence-electron chi connectivity index (χ4n) is 2.87. The molecule has 0 amide bonds. The molecular formula is C16H18N2. The van der Waals surface area contributed by atoms with Crippen molar-refractivity contribution in [3.05, 3.63) is 65.0 Å². The molecule has 0 bridgehead atoms. The molecule has 2 heteroatoms.